The number of rotatable bonds is 5. The van der Waals surface area contributed by atoms with Gasteiger partial charge in [0, 0.05) is 37.8 Å². The molecule has 2 bridgehead atoms. The molecule has 1 aliphatic carbocycles. The minimum Gasteiger partial charge on any atom is -0.379 e. The first-order valence-electron chi connectivity index (χ1n) is 10.1. The number of anilines is 1. The Bertz CT molecular complexity index is 829. The standard InChI is InChI=1S/C20H27N5O2/c26-20(19-13-1-2-14(11-13)21-19)22-15-3-4-16-17(12-15)24-18(23-16)5-6-25-7-9-27-10-8-25/h3-4,12-14,19,21H,1-2,5-11H2,(H,22,26)(H,23,24)/t13-,14+,19-/m0/s1. The number of hydrogen-bond donors (Lipinski definition) is 3. The highest BCUT2D eigenvalue weighted by atomic mass is 16.5. The average molecular weight is 369 g/mol. The molecule has 7 nitrogen and oxygen atoms in total. The number of amides is 1. The van der Waals surface area contributed by atoms with E-state index in [4.69, 9.17) is 4.74 Å². The maximum absolute atomic E-state index is 12.6. The van der Waals surface area contributed by atoms with Crippen LogP contribution in [0.4, 0.5) is 5.69 Å². The van der Waals surface area contributed by atoms with E-state index in [-0.39, 0.29) is 11.9 Å². The molecule has 3 atom stereocenters. The largest absolute Gasteiger partial charge is 0.379 e. The molecule has 144 valence electrons. The molecule has 1 aromatic heterocycles. The zero-order valence-electron chi connectivity index (χ0n) is 15.5. The molecule has 27 heavy (non-hydrogen) atoms. The van der Waals surface area contributed by atoms with Gasteiger partial charge in [-0.25, -0.2) is 4.98 Å². The molecule has 1 amide bonds. The van der Waals surface area contributed by atoms with Crippen molar-refractivity contribution in [1.29, 1.82) is 0 Å². The Morgan fingerprint density at radius 3 is 2.96 bits per heavy atom. The topological polar surface area (TPSA) is 82.3 Å². The van der Waals surface area contributed by atoms with Crippen LogP contribution in [-0.2, 0) is 16.0 Å². The third kappa shape index (κ3) is 3.59. The summed E-state index contributed by atoms with van der Waals surface area (Å²) in [5.41, 5.74) is 2.76. The Hall–Kier alpha value is -1.96. The number of nitrogens with one attached hydrogen (secondary N) is 3. The molecule has 7 heteroatoms. The minimum atomic E-state index is -0.0368. The Kier molecular flexibility index (Phi) is 4.59. The van der Waals surface area contributed by atoms with Gasteiger partial charge in [0.15, 0.2) is 0 Å². The van der Waals surface area contributed by atoms with E-state index in [0.29, 0.717) is 12.0 Å². The number of nitrogens with zero attached hydrogens (tertiary/aromatic N) is 2. The van der Waals surface area contributed by atoms with Crippen LogP contribution in [-0.4, -0.2) is 65.7 Å². The summed E-state index contributed by atoms with van der Waals surface area (Å²) < 4.78 is 5.39. The van der Waals surface area contributed by atoms with Gasteiger partial charge in [0.1, 0.15) is 5.82 Å². The number of piperidine rings is 1. The molecule has 0 spiro atoms. The summed E-state index contributed by atoms with van der Waals surface area (Å²) in [6.45, 7) is 4.62. The van der Waals surface area contributed by atoms with Crippen molar-refractivity contribution >= 4 is 22.6 Å². The summed E-state index contributed by atoms with van der Waals surface area (Å²) >= 11 is 0. The summed E-state index contributed by atoms with van der Waals surface area (Å²) in [6.07, 6.45) is 4.42. The molecule has 0 radical (unpaired) electrons. The van der Waals surface area contributed by atoms with Crippen LogP contribution >= 0.6 is 0 Å². The SMILES string of the molecule is O=C(Nc1ccc2nc(CCN3CCOCC3)[nH]c2c1)[C@H]1N[C@@H]2CC[C@H]1C2. The quantitative estimate of drug-likeness (QED) is 0.744. The van der Waals surface area contributed by atoms with Gasteiger partial charge in [0.05, 0.1) is 30.3 Å². The zero-order chi connectivity index (χ0) is 18.2. The fraction of sp³-hybridized carbons (Fsp3) is 0.600. The number of H-pyrrole nitrogens is 1. The number of imidazole rings is 1. The average Bonchev–Trinajstić information content (AvgIpc) is 3.42. The van der Waals surface area contributed by atoms with E-state index in [1.165, 1.54) is 12.8 Å². The maximum Gasteiger partial charge on any atom is 0.241 e. The van der Waals surface area contributed by atoms with Crippen molar-refractivity contribution in [1.82, 2.24) is 20.2 Å². The van der Waals surface area contributed by atoms with Gasteiger partial charge in [0.25, 0.3) is 0 Å². The van der Waals surface area contributed by atoms with Gasteiger partial charge >= 0.3 is 0 Å². The zero-order valence-corrected chi connectivity index (χ0v) is 15.5. The third-order valence-corrected chi connectivity index (χ3v) is 6.21. The molecule has 0 unspecified atom stereocenters. The van der Waals surface area contributed by atoms with Gasteiger partial charge in [-0.05, 0) is 43.4 Å². The Balaban J connectivity index is 1.23. The first kappa shape index (κ1) is 17.2. The minimum absolute atomic E-state index is 0.0368. The monoisotopic (exact) mass is 369 g/mol. The van der Waals surface area contributed by atoms with Gasteiger partial charge in [-0.1, -0.05) is 0 Å². The Labute approximate surface area is 158 Å². The van der Waals surface area contributed by atoms with E-state index in [0.717, 1.165) is 68.2 Å². The van der Waals surface area contributed by atoms with Crippen LogP contribution in [0.25, 0.3) is 11.0 Å². The summed E-state index contributed by atoms with van der Waals surface area (Å²) in [5.74, 6) is 1.58. The lowest BCUT2D eigenvalue weighted by Gasteiger charge is -2.25. The molecule has 3 heterocycles. The molecule has 2 aliphatic heterocycles. The van der Waals surface area contributed by atoms with E-state index in [1.54, 1.807) is 0 Å². The van der Waals surface area contributed by atoms with Gasteiger partial charge in [-0.3, -0.25) is 9.69 Å². The smallest absolute Gasteiger partial charge is 0.241 e. The van der Waals surface area contributed by atoms with Crippen molar-refractivity contribution in [2.75, 3.05) is 38.2 Å². The lowest BCUT2D eigenvalue weighted by molar-refractivity contribution is -0.119. The lowest BCUT2D eigenvalue weighted by Crippen LogP contribution is -2.44. The lowest BCUT2D eigenvalue weighted by atomic mass is 9.99. The number of aromatic nitrogens is 2. The van der Waals surface area contributed by atoms with Gasteiger partial charge < -0.3 is 20.4 Å². The van der Waals surface area contributed by atoms with Gasteiger partial charge in [0.2, 0.25) is 5.91 Å². The number of hydrogen-bond acceptors (Lipinski definition) is 5. The number of carbonyl (C=O) groups excluding carboxylic acids is 1. The van der Waals surface area contributed by atoms with Crippen LogP contribution in [0, 0.1) is 5.92 Å². The van der Waals surface area contributed by atoms with Crippen LogP contribution in [0.2, 0.25) is 0 Å². The van der Waals surface area contributed by atoms with E-state index >= 15 is 0 Å². The van der Waals surface area contributed by atoms with Gasteiger partial charge in [-0.15, -0.1) is 0 Å². The molecule has 3 aliphatic rings. The molecule has 5 rings (SSSR count). The number of benzene rings is 1. The molecule has 1 aromatic carbocycles. The highest BCUT2D eigenvalue weighted by molar-refractivity contribution is 5.97. The normalized spacial score (nSPS) is 28.1. The third-order valence-electron chi connectivity index (χ3n) is 6.21. The highest BCUT2D eigenvalue weighted by Crippen LogP contribution is 2.35. The second kappa shape index (κ2) is 7.22. The Morgan fingerprint density at radius 1 is 1.30 bits per heavy atom. The van der Waals surface area contributed by atoms with Crippen LogP contribution in [0.15, 0.2) is 18.2 Å². The van der Waals surface area contributed by atoms with Crippen molar-refractivity contribution in [2.45, 2.75) is 37.8 Å². The fourth-order valence-corrected chi connectivity index (χ4v) is 4.72. The van der Waals surface area contributed by atoms with Gasteiger partial charge in [-0.2, -0.15) is 0 Å². The number of morpholine rings is 1. The predicted octanol–water partition coefficient (Wildman–Crippen LogP) is 1.52. The highest BCUT2D eigenvalue weighted by Gasteiger charge is 2.42. The number of aromatic amines is 1. The first-order valence-corrected chi connectivity index (χ1v) is 10.1. The van der Waals surface area contributed by atoms with E-state index in [9.17, 15) is 4.79 Å². The first-order chi connectivity index (χ1) is 13.2. The number of ether oxygens (including phenoxy) is 1. The Morgan fingerprint density at radius 2 is 2.19 bits per heavy atom. The molecule has 3 N–H and O–H groups in total. The molecule has 1 saturated carbocycles. The summed E-state index contributed by atoms with van der Waals surface area (Å²) in [7, 11) is 0. The van der Waals surface area contributed by atoms with Crippen molar-refractivity contribution in [3.8, 4) is 0 Å². The van der Waals surface area contributed by atoms with Crippen molar-refractivity contribution < 1.29 is 9.53 Å². The molecular formula is C20H27N5O2. The van der Waals surface area contributed by atoms with E-state index in [1.807, 2.05) is 18.2 Å². The number of fused-ring (bicyclic) bond motifs is 3. The summed E-state index contributed by atoms with van der Waals surface area (Å²) in [6, 6.07) is 6.42. The predicted molar refractivity (Wildman–Crippen MR) is 104 cm³/mol. The summed E-state index contributed by atoms with van der Waals surface area (Å²) in [5, 5.41) is 6.54. The van der Waals surface area contributed by atoms with Crippen LogP contribution < -0.4 is 10.6 Å². The van der Waals surface area contributed by atoms with Crippen molar-refractivity contribution in [3.63, 3.8) is 0 Å². The van der Waals surface area contributed by atoms with Crippen LogP contribution in [0.3, 0.4) is 0 Å². The number of carbonyl (C=O) groups is 1. The van der Waals surface area contributed by atoms with Crippen LogP contribution in [0.5, 0.6) is 0 Å². The maximum atomic E-state index is 12.6. The van der Waals surface area contributed by atoms with Crippen LogP contribution in [0.1, 0.15) is 25.1 Å². The second-order valence-electron chi connectivity index (χ2n) is 8.02. The molecule has 2 saturated heterocycles. The molecule has 3 fully saturated rings. The molecule has 2 aromatic rings. The fourth-order valence-electron chi connectivity index (χ4n) is 4.72. The second-order valence-corrected chi connectivity index (χ2v) is 8.02. The summed E-state index contributed by atoms with van der Waals surface area (Å²) in [4.78, 5) is 23.1. The van der Waals surface area contributed by atoms with E-state index in [2.05, 4.69) is 25.5 Å². The van der Waals surface area contributed by atoms with Crippen molar-refractivity contribution in [2.24, 2.45) is 5.92 Å². The molecular weight excluding hydrogens is 342 g/mol. The van der Waals surface area contributed by atoms with E-state index < -0.39 is 0 Å². The van der Waals surface area contributed by atoms with Crippen molar-refractivity contribution in [3.05, 3.63) is 24.0 Å².